The number of hydrogen-bond donors (Lipinski definition) is 1. The average Bonchev–Trinajstić information content (AvgIpc) is 3.23. The zero-order valence-corrected chi connectivity index (χ0v) is 14.2. The molecule has 4 rings (SSSR count). The van der Waals surface area contributed by atoms with Crippen molar-refractivity contribution in [1.29, 1.82) is 0 Å². The van der Waals surface area contributed by atoms with Crippen LogP contribution in [0.1, 0.15) is 27.8 Å². The van der Waals surface area contributed by atoms with E-state index in [2.05, 4.69) is 10.3 Å². The van der Waals surface area contributed by atoms with Gasteiger partial charge in [0.25, 0.3) is 0 Å². The Morgan fingerprint density at radius 2 is 2.04 bits per heavy atom. The molecule has 0 aliphatic carbocycles. The summed E-state index contributed by atoms with van der Waals surface area (Å²) in [5.41, 5.74) is 4.73. The van der Waals surface area contributed by atoms with Crippen molar-refractivity contribution in [2.45, 2.75) is 19.6 Å². The Hall–Kier alpha value is -2.92. The molecule has 0 bridgehead atoms. The van der Waals surface area contributed by atoms with Gasteiger partial charge in [-0.1, -0.05) is 23.8 Å². The number of nitrogens with one attached hydrogen (secondary N) is 1. The summed E-state index contributed by atoms with van der Waals surface area (Å²) in [6.45, 7) is 2.60. The van der Waals surface area contributed by atoms with E-state index < -0.39 is 6.17 Å². The number of hydrogen-bond acceptors (Lipinski definition) is 4. The van der Waals surface area contributed by atoms with E-state index in [9.17, 15) is 4.79 Å². The quantitative estimate of drug-likeness (QED) is 0.744. The van der Waals surface area contributed by atoms with E-state index in [0.717, 1.165) is 28.3 Å². The first-order chi connectivity index (χ1) is 12.2. The van der Waals surface area contributed by atoms with E-state index in [4.69, 9.17) is 4.74 Å². The number of carbonyl (C=O) groups is 1. The third kappa shape index (κ3) is 2.72. The van der Waals surface area contributed by atoms with Gasteiger partial charge in [0.05, 0.1) is 24.8 Å². The Morgan fingerprint density at radius 1 is 1.24 bits per heavy atom. The van der Waals surface area contributed by atoms with Crippen LogP contribution in [-0.2, 0) is 6.54 Å². The number of nitrogens with zero attached hydrogens (tertiary/aromatic N) is 2. The first-order valence-corrected chi connectivity index (χ1v) is 8.22. The van der Waals surface area contributed by atoms with Crippen molar-refractivity contribution >= 4 is 5.78 Å². The van der Waals surface area contributed by atoms with Crippen molar-refractivity contribution < 1.29 is 9.53 Å². The van der Waals surface area contributed by atoms with Gasteiger partial charge >= 0.3 is 0 Å². The molecule has 0 spiro atoms. The molecule has 0 saturated carbocycles. The normalized spacial score (nSPS) is 15.8. The van der Waals surface area contributed by atoms with E-state index in [1.54, 1.807) is 13.4 Å². The molecule has 0 saturated heterocycles. The van der Waals surface area contributed by atoms with E-state index in [0.29, 0.717) is 12.1 Å². The van der Waals surface area contributed by atoms with Crippen molar-refractivity contribution in [3.63, 3.8) is 0 Å². The van der Waals surface area contributed by atoms with E-state index in [1.165, 1.54) is 0 Å². The molecule has 1 N–H and O–H groups in total. The smallest absolute Gasteiger partial charge is 0.200 e. The fourth-order valence-corrected chi connectivity index (χ4v) is 3.24. The highest BCUT2D eigenvalue weighted by Crippen LogP contribution is 2.30. The van der Waals surface area contributed by atoms with Crippen molar-refractivity contribution in [1.82, 2.24) is 14.9 Å². The summed E-state index contributed by atoms with van der Waals surface area (Å²) in [5.74, 6) is 0.867. The third-order valence-electron chi connectivity index (χ3n) is 4.55. The molecule has 5 heteroatoms. The molecule has 25 heavy (non-hydrogen) atoms. The van der Waals surface area contributed by atoms with Gasteiger partial charge in [0.15, 0.2) is 5.78 Å². The van der Waals surface area contributed by atoms with Gasteiger partial charge in [-0.15, -0.1) is 0 Å². The van der Waals surface area contributed by atoms with Crippen LogP contribution in [-0.4, -0.2) is 22.4 Å². The Labute approximate surface area is 146 Å². The Morgan fingerprint density at radius 3 is 2.76 bits per heavy atom. The lowest BCUT2D eigenvalue weighted by Gasteiger charge is -2.12. The minimum absolute atomic E-state index is 0.0566. The number of imidazole rings is 1. The molecule has 2 aromatic carbocycles. The number of Topliss-reactive ketones (excluding diaryl/α,β-unsaturated/α-hetero) is 1. The largest absolute Gasteiger partial charge is 0.497 e. The van der Waals surface area contributed by atoms with E-state index in [1.807, 2.05) is 60.0 Å². The summed E-state index contributed by atoms with van der Waals surface area (Å²) < 4.78 is 7.14. The minimum Gasteiger partial charge on any atom is -0.497 e. The standard InChI is InChI=1S/C20H19N3O2/c1-13-4-3-5-15(10-13)19(24)20-21-11-17-18(22-12-23(17)20)14-6-8-16(25-2)9-7-14/h3-10,12,20-21H,11H2,1-2H3. The number of rotatable bonds is 4. The molecule has 1 atom stereocenters. The number of methoxy groups -OCH3 is 1. The molecular weight excluding hydrogens is 314 g/mol. The van der Waals surface area contributed by atoms with Crippen molar-refractivity contribution in [2.75, 3.05) is 7.11 Å². The number of ketones is 1. The molecule has 2 heterocycles. The van der Waals surface area contributed by atoms with Crippen LogP contribution in [0.5, 0.6) is 5.75 Å². The molecule has 0 amide bonds. The number of fused-ring (bicyclic) bond motifs is 1. The van der Waals surface area contributed by atoms with Gasteiger partial charge in [-0.05, 0) is 37.3 Å². The van der Waals surface area contributed by atoms with Crippen LogP contribution in [0.4, 0.5) is 0 Å². The van der Waals surface area contributed by atoms with Gasteiger partial charge in [-0.25, -0.2) is 4.98 Å². The van der Waals surface area contributed by atoms with Gasteiger partial charge in [-0.2, -0.15) is 0 Å². The maximum atomic E-state index is 12.9. The molecule has 3 aromatic rings. The number of carbonyl (C=O) groups excluding carboxylic acids is 1. The monoisotopic (exact) mass is 333 g/mol. The number of aryl methyl sites for hydroxylation is 1. The Balaban J connectivity index is 1.66. The molecule has 5 nitrogen and oxygen atoms in total. The highest BCUT2D eigenvalue weighted by molar-refractivity contribution is 5.99. The first-order valence-electron chi connectivity index (χ1n) is 8.22. The predicted molar refractivity (Wildman–Crippen MR) is 95.6 cm³/mol. The van der Waals surface area contributed by atoms with Crippen LogP contribution in [0.15, 0.2) is 54.9 Å². The van der Waals surface area contributed by atoms with E-state index >= 15 is 0 Å². The molecule has 1 aliphatic rings. The van der Waals surface area contributed by atoms with Crippen LogP contribution in [0, 0.1) is 6.92 Å². The first kappa shape index (κ1) is 15.6. The second kappa shape index (κ2) is 6.18. The lowest BCUT2D eigenvalue weighted by atomic mass is 10.1. The predicted octanol–water partition coefficient (Wildman–Crippen LogP) is 3.35. The Kier molecular flexibility index (Phi) is 3.86. The molecule has 1 aliphatic heterocycles. The van der Waals surface area contributed by atoms with Gasteiger partial charge in [0.2, 0.25) is 0 Å². The van der Waals surface area contributed by atoms with Gasteiger partial charge in [0, 0.05) is 17.7 Å². The zero-order chi connectivity index (χ0) is 17.4. The molecule has 1 unspecified atom stereocenters. The second-order valence-corrected chi connectivity index (χ2v) is 6.19. The fraction of sp³-hybridized carbons (Fsp3) is 0.200. The van der Waals surface area contributed by atoms with Crippen LogP contribution < -0.4 is 10.1 Å². The lowest BCUT2D eigenvalue weighted by molar-refractivity contribution is 0.0914. The van der Waals surface area contributed by atoms with Crippen molar-refractivity contribution in [3.8, 4) is 17.0 Å². The van der Waals surface area contributed by atoms with E-state index in [-0.39, 0.29) is 5.78 Å². The minimum atomic E-state index is -0.406. The Bertz CT molecular complexity index is 928. The summed E-state index contributed by atoms with van der Waals surface area (Å²) in [5, 5.41) is 3.30. The summed E-state index contributed by atoms with van der Waals surface area (Å²) in [6.07, 6.45) is 1.34. The molecule has 0 fully saturated rings. The summed E-state index contributed by atoms with van der Waals surface area (Å²) >= 11 is 0. The van der Waals surface area contributed by atoms with Crippen LogP contribution >= 0.6 is 0 Å². The second-order valence-electron chi connectivity index (χ2n) is 6.19. The highest BCUT2D eigenvalue weighted by Gasteiger charge is 2.31. The molecular formula is C20H19N3O2. The number of benzene rings is 2. The molecule has 126 valence electrons. The lowest BCUT2D eigenvalue weighted by Crippen LogP contribution is -2.26. The summed E-state index contributed by atoms with van der Waals surface area (Å²) in [7, 11) is 1.65. The van der Waals surface area contributed by atoms with Crippen LogP contribution in [0.2, 0.25) is 0 Å². The summed E-state index contributed by atoms with van der Waals surface area (Å²) in [4.78, 5) is 17.4. The average molecular weight is 333 g/mol. The highest BCUT2D eigenvalue weighted by atomic mass is 16.5. The summed E-state index contributed by atoms with van der Waals surface area (Å²) in [6, 6.07) is 15.5. The maximum Gasteiger partial charge on any atom is 0.200 e. The molecule has 1 aromatic heterocycles. The van der Waals surface area contributed by atoms with Gasteiger partial charge in [0.1, 0.15) is 11.9 Å². The van der Waals surface area contributed by atoms with Gasteiger partial charge < -0.3 is 9.30 Å². The van der Waals surface area contributed by atoms with Gasteiger partial charge in [-0.3, -0.25) is 10.1 Å². The number of ether oxygens (including phenoxy) is 1. The number of aromatic nitrogens is 2. The SMILES string of the molecule is COc1ccc(-c2ncn3c2CNC3C(=O)c2cccc(C)c2)cc1. The van der Waals surface area contributed by atoms with Crippen LogP contribution in [0.25, 0.3) is 11.3 Å². The zero-order valence-electron chi connectivity index (χ0n) is 14.2. The maximum absolute atomic E-state index is 12.9. The third-order valence-corrected chi connectivity index (χ3v) is 4.55. The van der Waals surface area contributed by atoms with Crippen LogP contribution in [0.3, 0.4) is 0 Å². The molecule has 0 radical (unpaired) electrons. The fourth-order valence-electron chi connectivity index (χ4n) is 3.24. The van der Waals surface area contributed by atoms with Crippen molar-refractivity contribution in [2.24, 2.45) is 0 Å². The van der Waals surface area contributed by atoms with Crippen molar-refractivity contribution in [3.05, 3.63) is 71.7 Å². The topological polar surface area (TPSA) is 56.1 Å².